The molecule has 0 rings (SSSR count). The summed E-state index contributed by atoms with van der Waals surface area (Å²) in [6, 6.07) is -0.879. The molecule has 0 aliphatic heterocycles. The van der Waals surface area contributed by atoms with Crippen LogP contribution < -0.4 is 10.2 Å². The predicted molar refractivity (Wildman–Crippen MR) is 233 cm³/mol. The number of carbonyl (C=O) groups is 1. The summed E-state index contributed by atoms with van der Waals surface area (Å²) < 4.78 is 23.2. The van der Waals surface area contributed by atoms with Gasteiger partial charge in [0.2, 0.25) is 5.91 Å². The lowest BCUT2D eigenvalue weighted by molar-refractivity contribution is -0.870. The van der Waals surface area contributed by atoms with Gasteiger partial charge in [-0.1, -0.05) is 212 Å². The summed E-state index contributed by atoms with van der Waals surface area (Å²) >= 11 is 0. The molecular weight excluding hydrogens is 707 g/mol. The summed E-state index contributed by atoms with van der Waals surface area (Å²) in [5, 5.41) is 13.8. The molecule has 0 saturated heterocycles. The number of allylic oxidation sites excluding steroid dienone is 1. The van der Waals surface area contributed by atoms with Gasteiger partial charge in [0.1, 0.15) is 13.2 Å². The Balaban J connectivity index is 4.26. The number of hydrogen-bond acceptors (Lipinski definition) is 6. The van der Waals surface area contributed by atoms with E-state index in [-0.39, 0.29) is 19.1 Å². The second kappa shape index (κ2) is 38.7. The second-order valence-electron chi connectivity index (χ2n) is 17.5. The van der Waals surface area contributed by atoms with E-state index in [9.17, 15) is 19.4 Å². The lowest BCUT2D eigenvalue weighted by atomic mass is 10.0. The van der Waals surface area contributed by atoms with E-state index in [1.807, 2.05) is 27.2 Å². The van der Waals surface area contributed by atoms with Gasteiger partial charge >= 0.3 is 0 Å². The highest BCUT2D eigenvalue weighted by molar-refractivity contribution is 7.45. The van der Waals surface area contributed by atoms with Gasteiger partial charge in [-0.25, -0.2) is 0 Å². The van der Waals surface area contributed by atoms with Crippen LogP contribution in [0.2, 0.25) is 0 Å². The minimum Gasteiger partial charge on any atom is -0.756 e. The van der Waals surface area contributed by atoms with Crippen molar-refractivity contribution < 1.29 is 32.9 Å². The molecule has 0 aromatic carbocycles. The molecule has 0 bridgehead atoms. The van der Waals surface area contributed by atoms with E-state index in [1.165, 1.54) is 167 Å². The lowest BCUT2D eigenvalue weighted by Gasteiger charge is -2.29. The molecule has 8 nitrogen and oxygen atoms in total. The van der Waals surface area contributed by atoms with Crippen LogP contribution in [0.15, 0.2) is 12.2 Å². The number of phosphoric ester groups is 1. The Kier molecular flexibility index (Phi) is 38.2. The average Bonchev–Trinajstić information content (AvgIpc) is 3.13. The van der Waals surface area contributed by atoms with Gasteiger partial charge in [0.15, 0.2) is 0 Å². The first-order valence-corrected chi connectivity index (χ1v) is 25.0. The van der Waals surface area contributed by atoms with E-state index in [1.54, 1.807) is 6.08 Å². The molecular formula is C46H93N2O6P. The van der Waals surface area contributed by atoms with Crippen LogP contribution in [-0.4, -0.2) is 68.5 Å². The van der Waals surface area contributed by atoms with Gasteiger partial charge in [-0.15, -0.1) is 0 Å². The number of unbranched alkanes of at least 4 members (excludes halogenated alkanes) is 30. The van der Waals surface area contributed by atoms with E-state index >= 15 is 0 Å². The number of phosphoric acid groups is 1. The van der Waals surface area contributed by atoms with Crippen molar-refractivity contribution in [2.45, 2.75) is 238 Å². The first-order chi connectivity index (χ1) is 26.5. The van der Waals surface area contributed by atoms with Crippen molar-refractivity contribution in [3.8, 4) is 0 Å². The fourth-order valence-electron chi connectivity index (χ4n) is 6.98. The largest absolute Gasteiger partial charge is 0.756 e. The summed E-state index contributed by atoms with van der Waals surface area (Å²) in [5.41, 5.74) is 0. The van der Waals surface area contributed by atoms with Crippen LogP contribution in [0.3, 0.4) is 0 Å². The first kappa shape index (κ1) is 54.2. The Morgan fingerprint density at radius 1 is 0.618 bits per heavy atom. The van der Waals surface area contributed by atoms with Gasteiger partial charge in [0.25, 0.3) is 7.82 Å². The van der Waals surface area contributed by atoms with Crippen LogP contribution in [0.1, 0.15) is 226 Å². The number of hydrogen-bond donors (Lipinski definition) is 2. The number of likely N-dealkylation sites (N-methyl/N-ethyl adjacent to an activating group) is 1. The molecule has 328 valence electrons. The molecule has 0 radical (unpaired) electrons. The van der Waals surface area contributed by atoms with Gasteiger partial charge < -0.3 is 28.8 Å². The number of aliphatic hydroxyl groups is 1. The van der Waals surface area contributed by atoms with Crippen LogP contribution in [0.5, 0.6) is 0 Å². The van der Waals surface area contributed by atoms with Crippen molar-refractivity contribution >= 4 is 13.7 Å². The Bertz CT molecular complexity index is 911. The van der Waals surface area contributed by atoms with Crippen molar-refractivity contribution in [1.29, 1.82) is 0 Å². The third kappa shape index (κ3) is 41.2. The van der Waals surface area contributed by atoms with E-state index in [0.29, 0.717) is 17.4 Å². The summed E-state index contributed by atoms with van der Waals surface area (Å²) in [7, 11) is 1.27. The lowest BCUT2D eigenvalue weighted by Crippen LogP contribution is -2.45. The zero-order valence-corrected chi connectivity index (χ0v) is 38.0. The summed E-state index contributed by atoms with van der Waals surface area (Å²) in [4.78, 5) is 25.3. The molecule has 0 saturated carbocycles. The minimum atomic E-state index is -4.58. The average molecular weight is 801 g/mol. The topological polar surface area (TPSA) is 108 Å². The molecule has 0 spiro atoms. The normalized spacial score (nSPS) is 14.4. The second-order valence-corrected chi connectivity index (χ2v) is 18.9. The number of amides is 1. The quantitative estimate of drug-likeness (QED) is 0.0275. The molecule has 0 heterocycles. The van der Waals surface area contributed by atoms with Gasteiger partial charge in [0, 0.05) is 6.42 Å². The maximum Gasteiger partial charge on any atom is 0.268 e. The van der Waals surface area contributed by atoms with E-state index in [2.05, 4.69) is 19.2 Å². The van der Waals surface area contributed by atoms with E-state index in [0.717, 1.165) is 38.5 Å². The highest BCUT2D eigenvalue weighted by Gasteiger charge is 2.23. The Labute approximate surface area is 342 Å². The van der Waals surface area contributed by atoms with Crippen LogP contribution in [0.25, 0.3) is 0 Å². The zero-order chi connectivity index (χ0) is 40.7. The van der Waals surface area contributed by atoms with Crippen LogP contribution in [0.4, 0.5) is 0 Å². The van der Waals surface area contributed by atoms with Crippen molar-refractivity contribution in [1.82, 2.24) is 5.32 Å². The van der Waals surface area contributed by atoms with Crippen LogP contribution in [0, 0.1) is 0 Å². The molecule has 1 unspecified atom stereocenters. The monoisotopic (exact) mass is 801 g/mol. The minimum absolute atomic E-state index is 0.00208. The Morgan fingerprint density at radius 3 is 1.36 bits per heavy atom. The predicted octanol–water partition coefficient (Wildman–Crippen LogP) is 12.5. The maximum absolute atomic E-state index is 12.9. The summed E-state index contributed by atoms with van der Waals surface area (Å²) in [6.07, 6.45) is 44.0. The van der Waals surface area contributed by atoms with E-state index in [4.69, 9.17) is 9.05 Å². The molecule has 0 aliphatic carbocycles. The number of rotatable bonds is 43. The fourth-order valence-corrected chi connectivity index (χ4v) is 7.70. The highest BCUT2D eigenvalue weighted by Crippen LogP contribution is 2.38. The number of carbonyl (C=O) groups excluding carboxylic acids is 1. The number of nitrogens with one attached hydrogen (secondary N) is 1. The molecule has 0 aliphatic rings. The Hall–Kier alpha value is -0.760. The van der Waals surface area contributed by atoms with Crippen LogP contribution >= 0.6 is 7.82 Å². The molecule has 0 fully saturated rings. The van der Waals surface area contributed by atoms with Crippen molar-refractivity contribution in [2.75, 3.05) is 40.9 Å². The molecule has 2 N–H and O–H groups in total. The highest BCUT2D eigenvalue weighted by atomic mass is 31.2. The van der Waals surface area contributed by atoms with Crippen LogP contribution in [-0.2, 0) is 18.4 Å². The molecule has 55 heavy (non-hydrogen) atoms. The van der Waals surface area contributed by atoms with E-state index < -0.39 is 20.0 Å². The molecule has 9 heteroatoms. The van der Waals surface area contributed by atoms with Gasteiger partial charge in [-0.05, 0) is 19.3 Å². The summed E-state index contributed by atoms with van der Waals surface area (Å²) in [6.45, 7) is 4.66. The molecule has 3 atom stereocenters. The van der Waals surface area contributed by atoms with Gasteiger partial charge in [-0.3, -0.25) is 9.36 Å². The van der Waals surface area contributed by atoms with Crippen molar-refractivity contribution in [3.05, 3.63) is 12.2 Å². The van der Waals surface area contributed by atoms with Gasteiger partial charge in [0.05, 0.1) is 39.9 Å². The third-order valence-corrected chi connectivity index (χ3v) is 11.7. The third-order valence-electron chi connectivity index (χ3n) is 10.7. The number of quaternary nitrogens is 1. The first-order valence-electron chi connectivity index (χ1n) is 23.6. The van der Waals surface area contributed by atoms with Gasteiger partial charge in [-0.2, -0.15) is 0 Å². The number of aliphatic hydroxyl groups excluding tert-OH is 1. The van der Waals surface area contributed by atoms with Crippen molar-refractivity contribution in [3.63, 3.8) is 0 Å². The molecule has 1 amide bonds. The number of nitrogens with zero attached hydrogens (tertiary/aromatic N) is 1. The smallest absolute Gasteiger partial charge is 0.268 e. The SMILES string of the molecule is CCCCCCCCCCCC/C=C/[C@@H](O)[C@H](COP(=O)([O-])OCC[N+](C)(C)C)NC(=O)CCCCCCCCCCCCCCCCCCCCCCC. The standard InChI is InChI=1S/C46H93N2O6P/c1-6-8-10-12-14-16-18-20-21-22-23-24-25-26-27-28-30-32-34-36-38-40-46(50)47-44(43-54-55(51,52)53-42-41-48(3,4)5)45(49)39-37-35-33-31-29-19-17-15-13-11-9-7-2/h37,39,44-45,49H,6-36,38,40-43H2,1-5H3,(H-,47,50,51,52)/b39-37+/t44-,45+/m0/s1. The van der Waals surface area contributed by atoms with Crippen molar-refractivity contribution in [2.24, 2.45) is 0 Å². The molecule has 0 aromatic rings. The molecule has 0 aromatic heterocycles. The summed E-state index contributed by atoms with van der Waals surface area (Å²) in [5.74, 6) is -0.194. The Morgan fingerprint density at radius 2 is 0.982 bits per heavy atom. The zero-order valence-electron chi connectivity index (χ0n) is 37.1. The fraction of sp³-hybridized carbons (Fsp3) is 0.935. The maximum atomic E-state index is 12.9.